The Morgan fingerprint density at radius 1 is 1.35 bits per heavy atom. The minimum Gasteiger partial charge on any atom is -0.392 e. The van der Waals surface area contributed by atoms with Gasteiger partial charge in [-0.05, 0) is 18.4 Å². The van der Waals surface area contributed by atoms with Crippen molar-refractivity contribution in [2.45, 2.75) is 50.7 Å². The summed E-state index contributed by atoms with van der Waals surface area (Å²) in [6.07, 6.45) is 2.84. The Balaban J connectivity index is 2.03. The van der Waals surface area contributed by atoms with Gasteiger partial charge >= 0.3 is 0 Å². The quantitative estimate of drug-likeness (QED) is 0.868. The van der Waals surface area contributed by atoms with Gasteiger partial charge in [0, 0.05) is 18.4 Å². The number of rotatable bonds is 4. The molecule has 0 bridgehead atoms. The fraction of sp³-hybridized carbons (Fsp3) is 0.600. The Kier molecular flexibility index (Phi) is 3.85. The Labute approximate surface area is 104 Å². The molecule has 2 rings (SSSR count). The summed E-state index contributed by atoms with van der Waals surface area (Å²) in [6, 6.07) is 10.2. The molecule has 1 aliphatic rings. The molecular weight excluding hydrogens is 212 g/mol. The number of benzene rings is 1. The highest BCUT2D eigenvalue weighted by Gasteiger charge is 2.32. The van der Waals surface area contributed by atoms with Crippen LogP contribution in [0.1, 0.15) is 38.7 Å². The molecule has 94 valence electrons. The average molecular weight is 234 g/mol. The molecule has 1 fully saturated rings. The van der Waals surface area contributed by atoms with Crippen LogP contribution in [0.15, 0.2) is 30.3 Å². The SMILES string of the molecule is CC(C)(c1ccccc1)C(O)CC1CCCO1. The van der Waals surface area contributed by atoms with Gasteiger partial charge in [0.2, 0.25) is 0 Å². The standard InChI is InChI=1S/C15H22O2/c1-15(2,12-7-4-3-5-8-12)14(16)11-13-9-6-10-17-13/h3-5,7-8,13-14,16H,6,9-11H2,1-2H3. The summed E-state index contributed by atoms with van der Waals surface area (Å²) >= 11 is 0. The number of aliphatic hydroxyl groups excluding tert-OH is 1. The third kappa shape index (κ3) is 2.88. The molecule has 0 radical (unpaired) electrons. The van der Waals surface area contributed by atoms with Crippen LogP contribution in [-0.2, 0) is 10.2 Å². The van der Waals surface area contributed by atoms with Crippen molar-refractivity contribution in [2.75, 3.05) is 6.61 Å². The van der Waals surface area contributed by atoms with Crippen molar-refractivity contribution in [3.8, 4) is 0 Å². The highest BCUT2D eigenvalue weighted by molar-refractivity contribution is 5.25. The fourth-order valence-electron chi connectivity index (χ4n) is 2.43. The van der Waals surface area contributed by atoms with Gasteiger partial charge < -0.3 is 9.84 Å². The molecule has 2 heteroatoms. The van der Waals surface area contributed by atoms with Crippen molar-refractivity contribution in [1.82, 2.24) is 0 Å². The van der Waals surface area contributed by atoms with Crippen LogP contribution in [0.3, 0.4) is 0 Å². The Morgan fingerprint density at radius 2 is 2.06 bits per heavy atom. The van der Waals surface area contributed by atoms with Gasteiger partial charge in [0.05, 0.1) is 12.2 Å². The van der Waals surface area contributed by atoms with Crippen molar-refractivity contribution < 1.29 is 9.84 Å². The van der Waals surface area contributed by atoms with Crippen LogP contribution >= 0.6 is 0 Å². The second-order valence-corrected chi connectivity index (χ2v) is 5.47. The zero-order chi connectivity index (χ0) is 12.3. The van der Waals surface area contributed by atoms with E-state index in [-0.39, 0.29) is 17.6 Å². The van der Waals surface area contributed by atoms with Crippen LogP contribution in [0.4, 0.5) is 0 Å². The maximum atomic E-state index is 10.4. The van der Waals surface area contributed by atoms with Crippen LogP contribution in [-0.4, -0.2) is 23.9 Å². The molecule has 0 aromatic heterocycles. The topological polar surface area (TPSA) is 29.5 Å². The molecule has 1 aromatic rings. The van der Waals surface area contributed by atoms with Gasteiger partial charge in [0.15, 0.2) is 0 Å². The minimum absolute atomic E-state index is 0.215. The van der Waals surface area contributed by atoms with Gasteiger partial charge in [-0.2, -0.15) is 0 Å². The molecule has 17 heavy (non-hydrogen) atoms. The minimum atomic E-state index is -0.354. The van der Waals surface area contributed by atoms with E-state index in [1.54, 1.807) is 0 Å². The van der Waals surface area contributed by atoms with Gasteiger partial charge in [-0.25, -0.2) is 0 Å². The van der Waals surface area contributed by atoms with Gasteiger partial charge in [0.1, 0.15) is 0 Å². The first-order chi connectivity index (χ1) is 8.10. The molecule has 2 atom stereocenters. The van der Waals surface area contributed by atoms with Crippen molar-refractivity contribution in [3.05, 3.63) is 35.9 Å². The van der Waals surface area contributed by atoms with Crippen LogP contribution in [0, 0.1) is 0 Å². The molecule has 0 aliphatic carbocycles. The van der Waals surface area contributed by atoms with Crippen LogP contribution < -0.4 is 0 Å². The summed E-state index contributed by atoms with van der Waals surface area (Å²) in [7, 11) is 0. The summed E-state index contributed by atoms with van der Waals surface area (Å²) < 4.78 is 5.59. The lowest BCUT2D eigenvalue weighted by Gasteiger charge is -2.32. The molecular formula is C15H22O2. The summed E-state index contributed by atoms with van der Waals surface area (Å²) in [6.45, 7) is 5.05. The zero-order valence-corrected chi connectivity index (χ0v) is 10.7. The smallest absolute Gasteiger partial charge is 0.0656 e. The third-order valence-electron chi connectivity index (χ3n) is 3.86. The number of ether oxygens (including phenoxy) is 1. The van der Waals surface area contributed by atoms with Gasteiger partial charge in [-0.15, -0.1) is 0 Å². The number of aliphatic hydroxyl groups is 1. The highest BCUT2D eigenvalue weighted by atomic mass is 16.5. The Hall–Kier alpha value is -0.860. The van der Waals surface area contributed by atoms with Gasteiger partial charge in [-0.1, -0.05) is 44.2 Å². The summed E-state index contributed by atoms with van der Waals surface area (Å²) in [5.41, 5.74) is 0.971. The lowest BCUT2D eigenvalue weighted by atomic mass is 9.77. The molecule has 1 aromatic carbocycles. The van der Waals surface area contributed by atoms with E-state index < -0.39 is 0 Å². The maximum Gasteiger partial charge on any atom is 0.0656 e. The molecule has 0 amide bonds. The van der Waals surface area contributed by atoms with E-state index in [2.05, 4.69) is 26.0 Å². The van der Waals surface area contributed by atoms with E-state index in [0.717, 1.165) is 25.9 Å². The molecule has 0 saturated carbocycles. The molecule has 1 aliphatic heterocycles. The van der Waals surface area contributed by atoms with Gasteiger partial charge in [-0.3, -0.25) is 0 Å². The van der Waals surface area contributed by atoms with Crippen LogP contribution in [0.5, 0.6) is 0 Å². The molecule has 2 nitrogen and oxygen atoms in total. The monoisotopic (exact) mass is 234 g/mol. The molecule has 0 spiro atoms. The Morgan fingerprint density at radius 3 is 2.65 bits per heavy atom. The van der Waals surface area contributed by atoms with E-state index >= 15 is 0 Å². The number of hydrogen-bond donors (Lipinski definition) is 1. The molecule has 2 unspecified atom stereocenters. The molecule has 1 heterocycles. The largest absolute Gasteiger partial charge is 0.392 e. The number of hydrogen-bond acceptors (Lipinski definition) is 2. The summed E-state index contributed by atoms with van der Waals surface area (Å²) in [4.78, 5) is 0. The van der Waals surface area contributed by atoms with Crippen molar-refractivity contribution >= 4 is 0 Å². The summed E-state index contributed by atoms with van der Waals surface area (Å²) in [5.74, 6) is 0. The van der Waals surface area contributed by atoms with Crippen molar-refractivity contribution in [2.24, 2.45) is 0 Å². The van der Waals surface area contributed by atoms with E-state index in [1.807, 2.05) is 18.2 Å². The predicted octanol–water partition coefficient (Wildman–Crippen LogP) is 2.89. The average Bonchev–Trinajstić information content (AvgIpc) is 2.83. The lowest BCUT2D eigenvalue weighted by Crippen LogP contribution is -2.36. The fourth-order valence-corrected chi connectivity index (χ4v) is 2.43. The van der Waals surface area contributed by atoms with E-state index in [4.69, 9.17) is 4.74 Å². The van der Waals surface area contributed by atoms with E-state index in [1.165, 1.54) is 5.56 Å². The second kappa shape index (κ2) is 5.19. The van der Waals surface area contributed by atoms with E-state index in [9.17, 15) is 5.11 Å². The molecule has 1 saturated heterocycles. The van der Waals surface area contributed by atoms with Crippen molar-refractivity contribution in [1.29, 1.82) is 0 Å². The van der Waals surface area contributed by atoms with Crippen LogP contribution in [0.25, 0.3) is 0 Å². The normalized spacial score (nSPS) is 22.6. The first kappa shape index (κ1) is 12.6. The van der Waals surface area contributed by atoms with Crippen molar-refractivity contribution in [3.63, 3.8) is 0 Å². The second-order valence-electron chi connectivity index (χ2n) is 5.47. The first-order valence-electron chi connectivity index (χ1n) is 6.46. The predicted molar refractivity (Wildman–Crippen MR) is 69.1 cm³/mol. The van der Waals surface area contributed by atoms with E-state index in [0.29, 0.717) is 0 Å². The summed E-state index contributed by atoms with van der Waals surface area (Å²) in [5, 5.41) is 10.4. The third-order valence-corrected chi connectivity index (χ3v) is 3.86. The zero-order valence-electron chi connectivity index (χ0n) is 10.7. The lowest BCUT2D eigenvalue weighted by molar-refractivity contribution is 0.0231. The Bertz CT molecular complexity index is 339. The first-order valence-corrected chi connectivity index (χ1v) is 6.46. The maximum absolute atomic E-state index is 10.4. The van der Waals surface area contributed by atoms with Gasteiger partial charge in [0.25, 0.3) is 0 Å². The highest BCUT2D eigenvalue weighted by Crippen LogP contribution is 2.31. The van der Waals surface area contributed by atoms with Crippen LogP contribution in [0.2, 0.25) is 0 Å². The molecule has 1 N–H and O–H groups in total.